The van der Waals surface area contributed by atoms with Gasteiger partial charge < -0.3 is 15.0 Å². The Hall–Kier alpha value is -2.58. The Labute approximate surface area is 178 Å². The van der Waals surface area contributed by atoms with Gasteiger partial charge >= 0.3 is 0 Å². The van der Waals surface area contributed by atoms with Gasteiger partial charge in [0.2, 0.25) is 10.0 Å². The molecule has 0 aromatic heterocycles. The summed E-state index contributed by atoms with van der Waals surface area (Å²) in [5, 5.41) is 2.81. The first-order chi connectivity index (χ1) is 14.4. The van der Waals surface area contributed by atoms with Crippen LogP contribution in [0.5, 0.6) is 5.75 Å². The minimum atomic E-state index is -3.33. The highest BCUT2D eigenvalue weighted by atomic mass is 32.2. The van der Waals surface area contributed by atoms with Gasteiger partial charge in [-0.15, -0.1) is 0 Å². The van der Waals surface area contributed by atoms with Gasteiger partial charge in [-0.05, 0) is 49.2 Å². The van der Waals surface area contributed by atoms with Crippen LogP contribution in [0.15, 0.2) is 48.5 Å². The number of anilines is 1. The number of nitrogens with one attached hydrogen (secondary N) is 1. The Morgan fingerprint density at radius 2 is 1.70 bits per heavy atom. The number of hydrogen-bond acceptors (Lipinski definition) is 5. The third kappa shape index (κ3) is 5.52. The standard InChI is InChI=1S/C22H29N3O4S/c1-18-6-3-4-7-21(18)22(26)23-12-5-17-30(27,28)25-15-13-24(14-16-25)19-8-10-20(29-2)11-9-19/h3-4,6-11H,5,12-17H2,1-2H3,(H,23,26). The average Bonchev–Trinajstić information content (AvgIpc) is 2.77. The molecule has 3 rings (SSSR count). The molecular formula is C22H29N3O4S. The topological polar surface area (TPSA) is 79.0 Å². The first-order valence-corrected chi connectivity index (χ1v) is 11.7. The van der Waals surface area contributed by atoms with Crippen LogP contribution in [0.2, 0.25) is 0 Å². The number of carbonyl (C=O) groups excluding carboxylic acids is 1. The maximum Gasteiger partial charge on any atom is 0.251 e. The van der Waals surface area contributed by atoms with E-state index in [2.05, 4.69) is 10.2 Å². The smallest absolute Gasteiger partial charge is 0.251 e. The highest BCUT2D eigenvalue weighted by Crippen LogP contribution is 2.21. The van der Waals surface area contributed by atoms with Crippen LogP contribution >= 0.6 is 0 Å². The largest absolute Gasteiger partial charge is 0.497 e. The van der Waals surface area contributed by atoms with E-state index in [0.717, 1.165) is 17.0 Å². The SMILES string of the molecule is COc1ccc(N2CCN(S(=O)(=O)CCCNC(=O)c3ccccc3C)CC2)cc1. The molecule has 1 aliphatic heterocycles. The summed E-state index contributed by atoms with van der Waals surface area (Å²) in [7, 11) is -1.70. The number of rotatable bonds is 8. The van der Waals surface area contributed by atoms with Crippen LogP contribution in [0.1, 0.15) is 22.3 Å². The number of ether oxygens (including phenoxy) is 1. The molecule has 0 aliphatic carbocycles. The van der Waals surface area contributed by atoms with Gasteiger partial charge in [0.05, 0.1) is 12.9 Å². The molecule has 0 radical (unpaired) electrons. The molecule has 1 N–H and O–H groups in total. The Kier molecular flexibility index (Phi) is 7.33. The fraction of sp³-hybridized carbons (Fsp3) is 0.409. The van der Waals surface area contributed by atoms with Crippen molar-refractivity contribution in [2.75, 3.05) is 50.5 Å². The molecule has 1 saturated heterocycles. The number of carbonyl (C=O) groups is 1. The van der Waals surface area contributed by atoms with Crippen LogP contribution in [-0.4, -0.2) is 64.2 Å². The fourth-order valence-corrected chi connectivity index (χ4v) is 5.01. The van der Waals surface area contributed by atoms with E-state index >= 15 is 0 Å². The molecule has 7 nitrogen and oxygen atoms in total. The average molecular weight is 432 g/mol. The molecule has 30 heavy (non-hydrogen) atoms. The second kappa shape index (κ2) is 9.95. The highest BCUT2D eigenvalue weighted by molar-refractivity contribution is 7.89. The molecule has 1 aliphatic rings. The summed E-state index contributed by atoms with van der Waals surface area (Å²) in [4.78, 5) is 14.4. The van der Waals surface area contributed by atoms with Crippen molar-refractivity contribution in [3.05, 3.63) is 59.7 Å². The monoisotopic (exact) mass is 431 g/mol. The van der Waals surface area contributed by atoms with Crippen LogP contribution in [0.4, 0.5) is 5.69 Å². The van der Waals surface area contributed by atoms with Crippen LogP contribution in [0, 0.1) is 6.92 Å². The zero-order chi connectivity index (χ0) is 21.6. The molecule has 2 aromatic carbocycles. The Balaban J connectivity index is 1.44. The van der Waals surface area contributed by atoms with Gasteiger partial charge in [-0.3, -0.25) is 4.79 Å². The zero-order valence-corrected chi connectivity index (χ0v) is 18.3. The molecule has 8 heteroatoms. The zero-order valence-electron chi connectivity index (χ0n) is 17.5. The van der Waals surface area contributed by atoms with Crippen molar-refractivity contribution in [3.63, 3.8) is 0 Å². The molecular weight excluding hydrogens is 402 g/mol. The van der Waals surface area contributed by atoms with Crippen molar-refractivity contribution >= 4 is 21.6 Å². The number of benzene rings is 2. The number of sulfonamides is 1. The quantitative estimate of drug-likeness (QED) is 0.649. The summed E-state index contributed by atoms with van der Waals surface area (Å²) in [5.74, 6) is 0.664. The number of amides is 1. The molecule has 1 amide bonds. The molecule has 2 aromatic rings. The first-order valence-electron chi connectivity index (χ1n) is 10.1. The maximum atomic E-state index is 12.7. The second-order valence-corrected chi connectivity index (χ2v) is 9.41. The molecule has 0 spiro atoms. The highest BCUT2D eigenvalue weighted by Gasteiger charge is 2.26. The Morgan fingerprint density at radius 3 is 2.33 bits per heavy atom. The van der Waals surface area contributed by atoms with Crippen molar-refractivity contribution < 1.29 is 17.9 Å². The number of piperazine rings is 1. The van der Waals surface area contributed by atoms with E-state index in [9.17, 15) is 13.2 Å². The Morgan fingerprint density at radius 1 is 1.03 bits per heavy atom. The summed E-state index contributed by atoms with van der Waals surface area (Å²) in [6.07, 6.45) is 0.388. The molecule has 0 bridgehead atoms. The summed E-state index contributed by atoms with van der Waals surface area (Å²) in [5.41, 5.74) is 2.58. The van der Waals surface area contributed by atoms with Crippen LogP contribution < -0.4 is 15.0 Å². The predicted molar refractivity (Wildman–Crippen MR) is 119 cm³/mol. The molecule has 0 atom stereocenters. The van der Waals surface area contributed by atoms with Crippen molar-refractivity contribution in [2.24, 2.45) is 0 Å². The van der Waals surface area contributed by atoms with Crippen molar-refractivity contribution in [2.45, 2.75) is 13.3 Å². The first kappa shape index (κ1) is 22.1. The normalized spacial score (nSPS) is 15.1. The predicted octanol–water partition coefficient (Wildman–Crippen LogP) is 2.28. The molecule has 1 fully saturated rings. The van der Waals surface area contributed by atoms with E-state index in [1.54, 1.807) is 17.5 Å². The van der Waals surface area contributed by atoms with Gasteiger partial charge in [0.15, 0.2) is 0 Å². The number of hydrogen-bond donors (Lipinski definition) is 1. The summed E-state index contributed by atoms with van der Waals surface area (Å²) in [6, 6.07) is 15.1. The number of nitrogens with zero attached hydrogens (tertiary/aromatic N) is 2. The van der Waals surface area contributed by atoms with Crippen molar-refractivity contribution in [1.82, 2.24) is 9.62 Å². The van der Waals surface area contributed by atoms with E-state index in [1.807, 2.05) is 49.4 Å². The third-order valence-corrected chi connectivity index (χ3v) is 7.28. The minimum Gasteiger partial charge on any atom is -0.497 e. The van der Waals surface area contributed by atoms with E-state index < -0.39 is 10.0 Å². The van der Waals surface area contributed by atoms with Gasteiger partial charge in [0, 0.05) is 44.0 Å². The summed E-state index contributed by atoms with van der Waals surface area (Å²) >= 11 is 0. The minimum absolute atomic E-state index is 0.0313. The van der Waals surface area contributed by atoms with Gasteiger partial charge in [-0.1, -0.05) is 18.2 Å². The molecule has 0 saturated carbocycles. The summed E-state index contributed by atoms with van der Waals surface area (Å²) < 4.78 is 32.0. The van der Waals surface area contributed by atoms with E-state index in [0.29, 0.717) is 44.7 Å². The van der Waals surface area contributed by atoms with Gasteiger partial charge in [0.1, 0.15) is 5.75 Å². The molecule has 1 heterocycles. The van der Waals surface area contributed by atoms with E-state index in [-0.39, 0.29) is 11.7 Å². The van der Waals surface area contributed by atoms with Crippen LogP contribution in [-0.2, 0) is 10.0 Å². The van der Waals surface area contributed by atoms with Crippen molar-refractivity contribution in [3.8, 4) is 5.75 Å². The van der Waals surface area contributed by atoms with Crippen molar-refractivity contribution in [1.29, 1.82) is 0 Å². The lowest BCUT2D eigenvalue weighted by Gasteiger charge is -2.35. The number of methoxy groups -OCH3 is 1. The maximum absolute atomic E-state index is 12.7. The lowest BCUT2D eigenvalue weighted by Crippen LogP contribution is -2.49. The second-order valence-electron chi connectivity index (χ2n) is 7.32. The Bertz CT molecular complexity index is 953. The lowest BCUT2D eigenvalue weighted by atomic mass is 10.1. The van der Waals surface area contributed by atoms with Gasteiger partial charge in [-0.25, -0.2) is 8.42 Å². The van der Waals surface area contributed by atoms with Gasteiger partial charge in [-0.2, -0.15) is 4.31 Å². The third-order valence-electron chi connectivity index (χ3n) is 5.32. The number of aryl methyl sites for hydroxylation is 1. The molecule has 0 unspecified atom stereocenters. The van der Waals surface area contributed by atoms with Crippen LogP contribution in [0.3, 0.4) is 0 Å². The summed E-state index contributed by atoms with van der Waals surface area (Å²) in [6.45, 7) is 4.43. The lowest BCUT2D eigenvalue weighted by molar-refractivity contribution is 0.0953. The molecule has 162 valence electrons. The van der Waals surface area contributed by atoms with E-state index in [4.69, 9.17) is 4.74 Å². The fourth-order valence-electron chi connectivity index (χ4n) is 3.53. The van der Waals surface area contributed by atoms with E-state index in [1.165, 1.54) is 0 Å². The van der Waals surface area contributed by atoms with Crippen LogP contribution in [0.25, 0.3) is 0 Å². The van der Waals surface area contributed by atoms with Gasteiger partial charge in [0.25, 0.3) is 5.91 Å².